The number of hydrogen-bond acceptors (Lipinski definition) is 1. The second-order valence-electron chi connectivity index (χ2n) is 14.2. The van der Waals surface area contributed by atoms with Crippen molar-refractivity contribution in [2.24, 2.45) is 58.2 Å². The fourth-order valence-corrected chi connectivity index (χ4v) is 9.76. The first-order chi connectivity index (χ1) is 15.1. The molecule has 0 N–H and O–H groups in total. The van der Waals surface area contributed by atoms with E-state index in [1.165, 1.54) is 70.6 Å². The molecule has 4 aliphatic carbocycles. The van der Waals surface area contributed by atoms with Crippen LogP contribution in [0.25, 0.3) is 0 Å². The normalized spacial score (nSPS) is 45.9. The van der Waals surface area contributed by atoms with E-state index in [9.17, 15) is 0 Å². The second-order valence-corrected chi connectivity index (χ2v) is 14.2. The van der Waals surface area contributed by atoms with Crippen molar-refractivity contribution in [1.82, 2.24) is 0 Å². The van der Waals surface area contributed by atoms with Gasteiger partial charge in [0.05, 0.1) is 12.2 Å². The molecule has 10 atom stereocenters. The molecule has 1 nitrogen and oxygen atoms in total. The lowest BCUT2D eigenvalue weighted by molar-refractivity contribution is -0.142. The Kier molecular flexibility index (Phi) is 7.48. The molecule has 4 saturated carbocycles. The highest BCUT2D eigenvalue weighted by Crippen LogP contribution is 2.68. The summed E-state index contributed by atoms with van der Waals surface area (Å²) in [6.45, 7) is 19.8. The van der Waals surface area contributed by atoms with Gasteiger partial charge in [-0.25, -0.2) is 0 Å². The van der Waals surface area contributed by atoms with Crippen LogP contribution in [-0.4, -0.2) is 12.2 Å². The Hall–Kier alpha value is -0.0400. The van der Waals surface area contributed by atoms with E-state index in [-0.39, 0.29) is 0 Å². The van der Waals surface area contributed by atoms with Crippen LogP contribution in [0.5, 0.6) is 0 Å². The zero-order valence-corrected chi connectivity index (χ0v) is 23.0. The van der Waals surface area contributed by atoms with Crippen LogP contribution >= 0.6 is 0 Å². The summed E-state index contributed by atoms with van der Waals surface area (Å²) < 4.78 is 6.30. The molecule has 4 aliphatic rings. The van der Waals surface area contributed by atoms with Crippen molar-refractivity contribution in [2.45, 2.75) is 138 Å². The van der Waals surface area contributed by atoms with Crippen molar-refractivity contribution < 1.29 is 4.74 Å². The molecule has 0 radical (unpaired) electrons. The van der Waals surface area contributed by atoms with Gasteiger partial charge in [0.1, 0.15) is 0 Å². The fraction of sp³-hybridized carbons (Fsp3) is 1.00. The Morgan fingerprint density at radius 3 is 2.12 bits per heavy atom. The van der Waals surface area contributed by atoms with E-state index in [0.717, 1.165) is 47.3 Å². The van der Waals surface area contributed by atoms with Crippen molar-refractivity contribution in [3.63, 3.8) is 0 Å². The fourth-order valence-electron chi connectivity index (χ4n) is 9.76. The van der Waals surface area contributed by atoms with Crippen molar-refractivity contribution >= 4 is 0 Å². The quantitative estimate of drug-likeness (QED) is 0.380. The summed E-state index contributed by atoms with van der Waals surface area (Å²) in [6, 6.07) is 0. The van der Waals surface area contributed by atoms with Crippen LogP contribution in [0.1, 0.15) is 126 Å². The van der Waals surface area contributed by atoms with Gasteiger partial charge < -0.3 is 4.74 Å². The van der Waals surface area contributed by atoms with Gasteiger partial charge >= 0.3 is 0 Å². The summed E-state index contributed by atoms with van der Waals surface area (Å²) in [5.41, 5.74) is 1.22. The zero-order chi connectivity index (χ0) is 23.3. The van der Waals surface area contributed by atoms with Crippen LogP contribution in [0.15, 0.2) is 0 Å². The first-order valence-electron chi connectivity index (χ1n) is 14.7. The minimum absolute atomic E-state index is 0.386. The first-order valence-corrected chi connectivity index (χ1v) is 14.7. The number of rotatable bonds is 7. The van der Waals surface area contributed by atoms with Gasteiger partial charge in [-0.1, -0.05) is 54.4 Å². The van der Waals surface area contributed by atoms with Gasteiger partial charge in [-0.3, -0.25) is 0 Å². The number of fused-ring (bicyclic) bond motifs is 5. The first kappa shape index (κ1) is 25.1. The van der Waals surface area contributed by atoms with Gasteiger partial charge in [0.15, 0.2) is 0 Å². The molecule has 0 heterocycles. The average Bonchev–Trinajstić information content (AvgIpc) is 3.08. The molecule has 1 heteroatoms. The lowest BCUT2D eigenvalue weighted by atomic mass is 9.44. The third-order valence-corrected chi connectivity index (χ3v) is 12.1. The Balaban J connectivity index is 1.43. The molecule has 0 saturated heterocycles. The maximum absolute atomic E-state index is 6.30. The standard InChI is InChI=1S/C31H56O/c1-20(2)22(5)9-10-23(6)27-13-14-28-26-12-11-24-19-25(32-21(3)4)15-17-30(24,7)29(26)16-18-31(27,28)8/h20-29H,9-19H2,1-8H3/t22-,23+,24?,25?,26-,27+,28-,29-,30-,31+/m0/s1. The molecular weight excluding hydrogens is 388 g/mol. The molecule has 0 aromatic rings. The van der Waals surface area contributed by atoms with E-state index in [2.05, 4.69) is 55.4 Å². The van der Waals surface area contributed by atoms with Crippen LogP contribution in [0.4, 0.5) is 0 Å². The highest BCUT2D eigenvalue weighted by molar-refractivity contribution is 5.09. The summed E-state index contributed by atoms with van der Waals surface area (Å²) in [4.78, 5) is 0. The highest BCUT2D eigenvalue weighted by Gasteiger charge is 2.60. The Labute approximate surface area is 201 Å². The molecule has 0 aliphatic heterocycles. The number of ether oxygens (including phenoxy) is 1. The van der Waals surface area contributed by atoms with Crippen molar-refractivity contribution in [2.75, 3.05) is 0 Å². The van der Waals surface area contributed by atoms with E-state index >= 15 is 0 Å². The maximum atomic E-state index is 6.30. The Bertz CT molecular complexity index is 624. The molecule has 0 spiro atoms. The Morgan fingerprint density at radius 1 is 0.750 bits per heavy atom. The van der Waals surface area contributed by atoms with Crippen LogP contribution in [0.2, 0.25) is 0 Å². The van der Waals surface area contributed by atoms with Gasteiger partial charge in [-0.2, -0.15) is 0 Å². The van der Waals surface area contributed by atoms with Crippen LogP contribution in [-0.2, 0) is 4.74 Å². The van der Waals surface area contributed by atoms with Gasteiger partial charge in [-0.05, 0) is 130 Å². The lowest BCUT2D eigenvalue weighted by Crippen LogP contribution is -2.54. The summed E-state index contributed by atoms with van der Waals surface area (Å²) in [7, 11) is 0. The molecular formula is C31H56O. The molecule has 0 amide bonds. The molecule has 4 fully saturated rings. The van der Waals surface area contributed by atoms with E-state index in [1.807, 2.05) is 0 Å². The van der Waals surface area contributed by atoms with E-state index < -0.39 is 0 Å². The van der Waals surface area contributed by atoms with E-state index in [0.29, 0.717) is 23.0 Å². The minimum atomic E-state index is 0.386. The summed E-state index contributed by atoms with van der Waals surface area (Å²) in [5, 5.41) is 0. The van der Waals surface area contributed by atoms with Crippen LogP contribution in [0.3, 0.4) is 0 Å². The average molecular weight is 445 g/mol. The second kappa shape index (κ2) is 9.54. The van der Waals surface area contributed by atoms with Crippen molar-refractivity contribution in [1.29, 1.82) is 0 Å². The minimum Gasteiger partial charge on any atom is -0.376 e. The predicted molar refractivity (Wildman–Crippen MR) is 138 cm³/mol. The maximum Gasteiger partial charge on any atom is 0.0581 e. The molecule has 32 heavy (non-hydrogen) atoms. The molecule has 186 valence electrons. The third kappa shape index (κ3) is 4.47. The topological polar surface area (TPSA) is 9.23 Å². The monoisotopic (exact) mass is 444 g/mol. The largest absolute Gasteiger partial charge is 0.376 e. The van der Waals surface area contributed by atoms with Gasteiger partial charge in [0.25, 0.3) is 0 Å². The van der Waals surface area contributed by atoms with E-state index in [1.54, 1.807) is 0 Å². The van der Waals surface area contributed by atoms with Crippen LogP contribution in [0, 0.1) is 58.2 Å². The summed E-state index contributed by atoms with van der Waals surface area (Å²) in [6.07, 6.45) is 17.0. The molecule has 2 unspecified atom stereocenters. The SMILES string of the molecule is CC(C)OC1CC[C@@]2(C)C(CC[C@H]3[C@@H]4CC[C@H]([C@H](C)CC[C@H](C)C(C)C)[C@@]4(C)CC[C@@H]32)C1. The van der Waals surface area contributed by atoms with Crippen LogP contribution < -0.4 is 0 Å². The Morgan fingerprint density at radius 2 is 1.44 bits per heavy atom. The lowest BCUT2D eigenvalue weighted by Gasteiger charge is -2.61. The van der Waals surface area contributed by atoms with Crippen molar-refractivity contribution in [3.8, 4) is 0 Å². The smallest absolute Gasteiger partial charge is 0.0581 e. The van der Waals surface area contributed by atoms with Crippen molar-refractivity contribution in [3.05, 3.63) is 0 Å². The summed E-state index contributed by atoms with van der Waals surface area (Å²) >= 11 is 0. The van der Waals surface area contributed by atoms with Gasteiger partial charge in [-0.15, -0.1) is 0 Å². The predicted octanol–water partition coefficient (Wildman–Crippen LogP) is 9.15. The summed E-state index contributed by atoms with van der Waals surface area (Å²) in [5.74, 6) is 7.55. The molecule has 0 aromatic carbocycles. The van der Waals surface area contributed by atoms with E-state index in [4.69, 9.17) is 4.74 Å². The molecule has 0 aromatic heterocycles. The third-order valence-electron chi connectivity index (χ3n) is 12.1. The number of hydrogen-bond donors (Lipinski definition) is 0. The molecule has 0 bridgehead atoms. The molecule has 4 rings (SSSR count). The van der Waals surface area contributed by atoms with Gasteiger partial charge in [0, 0.05) is 0 Å². The highest BCUT2D eigenvalue weighted by atomic mass is 16.5. The van der Waals surface area contributed by atoms with Gasteiger partial charge in [0.2, 0.25) is 0 Å². The zero-order valence-electron chi connectivity index (χ0n) is 23.0.